The van der Waals surface area contributed by atoms with Crippen molar-refractivity contribution in [3.05, 3.63) is 110 Å². The molecule has 2 heterocycles. The van der Waals surface area contributed by atoms with Crippen molar-refractivity contribution in [1.29, 1.82) is 0 Å². The van der Waals surface area contributed by atoms with E-state index < -0.39 is 69.8 Å². The van der Waals surface area contributed by atoms with Crippen LogP contribution in [-0.2, 0) is 24.1 Å². The highest BCUT2D eigenvalue weighted by Gasteiger charge is 2.25. The molecule has 0 atom stereocenters. The number of carbonyl (C=O) groups excluding carboxylic acids is 1. The minimum atomic E-state index is -4.35. The largest absolute Gasteiger partial charge is 0.480 e. The third-order valence-electron chi connectivity index (χ3n) is 6.05. The Morgan fingerprint density at radius 3 is 2.30 bits per heavy atom. The molecule has 5 rings (SSSR count). The summed E-state index contributed by atoms with van der Waals surface area (Å²) < 4.78 is 74.4. The fourth-order valence-corrected chi connectivity index (χ4v) is 5.54. The van der Waals surface area contributed by atoms with Gasteiger partial charge in [0.2, 0.25) is 0 Å². The molecule has 0 fully saturated rings. The number of nitrogens with zero attached hydrogens (tertiary/aromatic N) is 5. The predicted octanol–water partition coefficient (Wildman–Crippen LogP) is 4.79. The van der Waals surface area contributed by atoms with Crippen molar-refractivity contribution in [1.82, 2.24) is 24.9 Å². The first kappa shape index (κ1) is 43.1. The molecular weight excluding hydrogens is 810 g/mol. The summed E-state index contributed by atoms with van der Waals surface area (Å²) in [5.41, 5.74) is -0.751. The van der Waals surface area contributed by atoms with Crippen molar-refractivity contribution in [3.63, 3.8) is 0 Å². The van der Waals surface area contributed by atoms with Crippen LogP contribution in [-0.4, -0.2) is 79.7 Å². The van der Waals surface area contributed by atoms with Crippen LogP contribution in [0.1, 0.15) is 16.1 Å². The number of benzene rings is 3. The van der Waals surface area contributed by atoms with E-state index in [9.17, 15) is 41.5 Å². The van der Waals surface area contributed by atoms with Crippen LogP contribution >= 0.6 is 30.8 Å². The van der Waals surface area contributed by atoms with Crippen LogP contribution in [0.4, 0.5) is 20.2 Å². The fourth-order valence-electron chi connectivity index (χ4n) is 3.74. The lowest BCUT2D eigenvalue weighted by molar-refractivity contribution is -0.385. The Labute approximate surface area is 312 Å². The number of rotatable bonds is 11. The lowest BCUT2D eigenvalue weighted by Gasteiger charge is -2.09. The average Bonchev–Trinajstić information content (AvgIpc) is 3.52. The maximum absolute atomic E-state index is 13.5. The van der Waals surface area contributed by atoms with E-state index in [2.05, 4.69) is 25.1 Å². The van der Waals surface area contributed by atoms with Crippen LogP contribution in [0.2, 0.25) is 10.0 Å². The monoisotopic (exact) mass is 835 g/mol. The van der Waals surface area contributed by atoms with Crippen LogP contribution in [0, 0.1) is 28.7 Å². The summed E-state index contributed by atoms with van der Waals surface area (Å²) in [5.74, 6) is -3.49. The normalized spacial score (nSPS) is 11.0. The topological polar surface area (TPSA) is 275 Å². The van der Waals surface area contributed by atoms with E-state index in [0.717, 1.165) is 35.9 Å². The zero-order valence-corrected chi connectivity index (χ0v) is 30.6. The first-order chi connectivity index (χ1) is 25.2. The van der Waals surface area contributed by atoms with Gasteiger partial charge in [-0.2, -0.15) is 13.4 Å². The Kier molecular flexibility index (Phi) is 14.8. The molecule has 0 radical (unpaired) electrons. The van der Waals surface area contributed by atoms with E-state index in [1.807, 2.05) is 0 Å². The third-order valence-corrected chi connectivity index (χ3v) is 8.34. The minimum absolute atomic E-state index is 0.0642. The van der Waals surface area contributed by atoms with Gasteiger partial charge in [-0.15, -0.1) is 5.10 Å². The van der Waals surface area contributed by atoms with Gasteiger partial charge in [0.25, 0.3) is 26.6 Å². The average molecular weight is 837 g/mol. The number of nitro groups is 1. The summed E-state index contributed by atoms with van der Waals surface area (Å²) in [4.78, 5) is 55.8. The van der Waals surface area contributed by atoms with Crippen molar-refractivity contribution in [2.75, 3.05) is 24.7 Å². The Morgan fingerprint density at radius 2 is 1.72 bits per heavy atom. The van der Waals surface area contributed by atoms with Crippen molar-refractivity contribution < 1.29 is 60.6 Å². The van der Waals surface area contributed by atoms with Gasteiger partial charge < -0.3 is 24.4 Å². The molecule has 0 aliphatic carbocycles. The van der Waals surface area contributed by atoms with Gasteiger partial charge in [-0.1, -0.05) is 29.3 Å². The molecule has 0 unspecified atom stereocenters. The van der Waals surface area contributed by atoms with Gasteiger partial charge in [-0.05, 0) is 49.4 Å². The van der Waals surface area contributed by atoms with E-state index >= 15 is 0 Å². The van der Waals surface area contributed by atoms with Crippen molar-refractivity contribution >= 4 is 69.9 Å². The van der Waals surface area contributed by atoms with Crippen LogP contribution in [0.25, 0.3) is 5.78 Å². The Hall–Kier alpha value is -5.35. The van der Waals surface area contributed by atoms with Crippen LogP contribution in [0.3, 0.4) is 0 Å². The SMILES string of the molecule is COC(=O)c1cc(Oc2ccc(Cl)cc2Cl)ccc1[N+](=O)[O-].Cc1ccn2nc(S(=O)(=O)Nc3c(F)cccc3F)nc2n1.O=C(O)CNCP(=O)(O)O. The molecule has 0 bridgehead atoms. The molecule has 0 amide bonds. The number of carboxylic acid groups (broad SMARTS) is 1. The molecule has 25 heteroatoms. The molecule has 0 aliphatic heterocycles. The first-order valence-electron chi connectivity index (χ1n) is 14.3. The molecule has 288 valence electrons. The lowest BCUT2D eigenvalue weighted by Crippen LogP contribution is -2.23. The van der Waals surface area contributed by atoms with Gasteiger partial charge >= 0.3 is 19.5 Å². The Bertz CT molecular complexity index is 2330. The number of hydrogen-bond donors (Lipinski definition) is 5. The molecule has 0 spiro atoms. The zero-order chi connectivity index (χ0) is 40.4. The van der Waals surface area contributed by atoms with Gasteiger partial charge in [0, 0.05) is 29.0 Å². The third kappa shape index (κ3) is 12.7. The number of para-hydroxylation sites is 1. The molecule has 19 nitrogen and oxygen atoms in total. The number of ether oxygens (including phenoxy) is 2. The maximum Gasteiger partial charge on any atom is 0.345 e. The first-order valence-corrected chi connectivity index (χ1v) is 18.4. The fraction of sp³-hybridized carbons (Fsp3) is 0.138. The van der Waals surface area contributed by atoms with Gasteiger partial charge in [-0.3, -0.25) is 29.5 Å². The summed E-state index contributed by atoms with van der Waals surface area (Å²) in [6, 6.07) is 13.0. The van der Waals surface area contributed by atoms with Crippen molar-refractivity contribution in [2.45, 2.75) is 12.1 Å². The summed E-state index contributed by atoms with van der Waals surface area (Å²) in [5, 5.41) is 24.8. The number of methoxy groups -OCH3 is 1. The van der Waals surface area contributed by atoms with Gasteiger partial charge in [0.15, 0.2) is 0 Å². The summed E-state index contributed by atoms with van der Waals surface area (Å²) in [6.07, 6.45) is 0.882. The number of halogens is 4. The molecule has 3 aromatic carbocycles. The molecule has 2 aromatic heterocycles. The summed E-state index contributed by atoms with van der Waals surface area (Å²) in [7, 11) is -7.31. The highest BCUT2D eigenvalue weighted by molar-refractivity contribution is 7.92. The van der Waals surface area contributed by atoms with Gasteiger partial charge in [0.05, 0.1) is 29.9 Å². The number of aliphatic carboxylic acids is 1. The van der Waals surface area contributed by atoms with Crippen LogP contribution in [0.5, 0.6) is 11.5 Å². The molecule has 54 heavy (non-hydrogen) atoms. The van der Waals surface area contributed by atoms with Gasteiger partial charge in [-0.25, -0.2) is 23.1 Å². The molecule has 5 N–H and O–H groups in total. The minimum Gasteiger partial charge on any atom is -0.480 e. The number of nitrogens with one attached hydrogen (secondary N) is 2. The molecule has 5 aromatic rings. The smallest absolute Gasteiger partial charge is 0.345 e. The van der Waals surface area contributed by atoms with E-state index in [-0.39, 0.29) is 27.8 Å². The zero-order valence-electron chi connectivity index (χ0n) is 27.4. The molecular formula is C29H26Cl2F2N7O12PS. The van der Waals surface area contributed by atoms with Gasteiger partial charge in [0.1, 0.15) is 34.4 Å². The molecule has 0 saturated heterocycles. The molecule has 0 aliphatic rings. The van der Waals surface area contributed by atoms with Crippen molar-refractivity contribution in [3.8, 4) is 11.5 Å². The second kappa shape index (κ2) is 18.6. The highest BCUT2D eigenvalue weighted by Crippen LogP contribution is 2.34. The number of sulfonamides is 1. The Morgan fingerprint density at radius 1 is 1.06 bits per heavy atom. The number of hydrogen-bond acceptors (Lipinski definition) is 13. The number of anilines is 1. The number of carboxylic acids is 1. The van der Waals surface area contributed by atoms with E-state index in [1.165, 1.54) is 24.4 Å². The van der Waals surface area contributed by atoms with Crippen molar-refractivity contribution in [2.24, 2.45) is 0 Å². The quantitative estimate of drug-likeness (QED) is 0.0518. The summed E-state index contributed by atoms with van der Waals surface area (Å²) >= 11 is 11.8. The standard InChI is InChI=1S/C14H9Cl2NO5.C12H9F2N5O2S.C3H8NO5P/c1-21-14(18)10-7-9(3-4-12(10)17(19)20)22-13-5-2-8(15)6-11(13)16;1-7-5-6-19-11(15-7)16-12(17-19)22(20,21)18-10-8(13)3-2-4-9(10)14;5-3(6)1-4-2-10(7,8)9/h2-7H,1H3;2-6,18H,1H3;4H,1-2H2,(H,5,6)(H2,7,8,9). The number of carbonyl (C=O) groups is 2. The number of esters is 1. The predicted molar refractivity (Wildman–Crippen MR) is 186 cm³/mol. The van der Waals surface area contributed by atoms with E-state index in [4.69, 9.17) is 42.8 Å². The maximum atomic E-state index is 13.5. The highest BCUT2D eigenvalue weighted by atomic mass is 35.5. The molecule has 0 saturated carbocycles. The second-order valence-electron chi connectivity index (χ2n) is 10.2. The Balaban J connectivity index is 0.000000234. The second-order valence-corrected chi connectivity index (χ2v) is 14.2. The number of aromatic nitrogens is 4. The number of nitro benzene ring substituents is 1. The number of aryl methyl sites for hydroxylation is 1. The number of fused-ring (bicyclic) bond motifs is 1. The van der Waals surface area contributed by atoms with Crippen LogP contribution < -0.4 is 14.8 Å². The van der Waals surface area contributed by atoms with Crippen LogP contribution in [0.15, 0.2) is 72.0 Å². The summed E-state index contributed by atoms with van der Waals surface area (Å²) in [6.45, 7) is 1.26. The lowest BCUT2D eigenvalue weighted by atomic mass is 10.1. The van der Waals surface area contributed by atoms with E-state index in [1.54, 1.807) is 29.8 Å². The van der Waals surface area contributed by atoms with E-state index in [0.29, 0.717) is 16.5 Å².